The zero-order chi connectivity index (χ0) is 15.5. The molecule has 21 heavy (non-hydrogen) atoms. The van der Waals surface area contributed by atoms with Crippen molar-refractivity contribution in [3.05, 3.63) is 29.8 Å². The quantitative estimate of drug-likeness (QED) is 0.561. The Balaban J connectivity index is 2.17. The topological polar surface area (TPSA) is 64.6 Å². The number of amides is 1. The van der Waals surface area contributed by atoms with Crippen LogP contribution in [0, 0.1) is 0 Å². The van der Waals surface area contributed by atoms with Gasteiger partial charge in [-0.15, -0.1) is 0 Å². The standard InChI is InChI=1S/C16H23NO4/c1-3-21-15(18)10-5-4-6-11-17-16(19)13-8-7-9-14(12-13)20-2/h7-9,12H,3-6,10-11H2,1-2H3,(H,17,19). The van der Waals surface area contributed by atoms with E-state index in [0.717, 1.165) is 19.3 Å². The van der Waals surface area contributed by atoms with Gasteiger partial charge in [0, 0.05) is 18.5 Å². The number of benzene rings is 1. The number of nitrogens with one attached hydrogen (secondary N) is 1. The summed E-state index contributed by atoms with van der Waals surface area (Å²) in [5.74, 6) is 0.397. The van der Waals surface area contributed by atoms with Gasteiger partial charge in [0.1, 0.15) is 5.75 Å². The van der Waals surface area contributed by atoms with Crippen molar-refractivity contribution in [1.82, 2.24) is 5.32 Å². The van der Waals surface area contributed by atoms with Crippen LogP contribution in [0.15, 0.2) is 24.3 Å². The molecule has 0 fully saturated rings. The lowest BCUT2D eigenvalue weighted by Crippen LogP contribution is -2.24. The van der Waals surface area contributed by atoms with Gasteiger partial charge in [-0.25, -0.2) is 0 Å². The minimum Gasteiger partial charge on any atom is -0.497 e. The molecule has 0 spiro atoms. The molecule has 0 bridgehead atoms. The van der Waals surface area contributed by atoms with Gasteiger partial charge in [0.15, 0.2) is 0 Å². The van der Waals surface area contributed by atoms with Crippen LogP contribution in [0.4, 0.5) is 0 Å². The zero-order valence-corrected chi connectivity index (χ0v) is 12.7. The lowest BCUT2D eigenvalue weighted by molar-refractivity contribution is -0.143. The number of esters is 1. The van der Waals surface area contributed by atoms with Gasteiger partial charge < -0.3 is 14.8 Å². The van der Waals surface area contributed by atoms with Gasteiger partial charge in [0.2, 0.25) is 0 Å². The molecule has 0 saturated heterocycles. The number of hydrogen-bond acceptors (Lipinski definition) is 4. The molecule has 0 heterocycles. The zero-order valence-electron chi connectivity index (χ0n) is 12.7. The van der Waals surface area contributed by atoms with Gasteiger partial charge in [-0.3, -0.25) is 9.59 Å². The molecule has 0 aliphatic rings. The summed E-state index contributed by atoms with van der Waals surface area (Å²) in [6.07, 6.45) is 2.96. The summed E-state index contributed by atoms with van der Waals surface area (Å²) in [6, 6.07) is 7.04. The van der Waals surface area contributed by atoms with Crippen LogP contribution in [0.25, 0.3) is 0 Å². The van der Waals surface area contributed by atoms with E-state index in [0.29, 0.717) is 30.9 Å². The van der Waals surface area contributed by atoms with Crippen LogP contribution in [0.3, 0.4) is 0 Å². The maximum atomic E-state index is 11.9. The van der Waals surface area contributed by atoms with Crippen LogP contribution in [-0.2, 0) is 9.53 Å². The fraction of sp³-hybridized carbons (Fsp3) is 0.500. The molecule has 1 rings (SSSR count). The molecule has 0 aromatic heterocycles. The van der Waals surface area contributed by atoms with Crippen LogP contribution in [-0.4, -0.2) is 32.1 Å². The molecular weight excluding hydrogens is 270 g/mol. The minimum atomic E-state index is -0.155. The monoisotopic (exact) mass is 293 g/mol. The Morgan fingerprint density at radius 2 is 2.00 bits per heavy atom. The van der Waals surface area contributed by atoms with E-state index in [-0.39, 0.29) is 11.9 Å². The van der Waals surface area contributed by atoms with Gasteiger partial charge in [-0.1, -0.05) is 12.5 Å². The molecule has 0 saturated carbocycles. The Morgan fingerprint density at radius 1 is 1.19 bits per heavy atom. The summed E-state index contributed by atoms with van der Waals surface area (Å²) in [5.41, 5.74) is 0.584. The second-order valence-electron chi connectivity index (χ2n) is 4.60. The smallest absolute Gasteiger partial charge is 0.305 e. The molecule has 0 atom stereocenters. The normalized spacial score (nSPS) is 10.0. The predicted octanol–water partition coefficient (Wildman–Crippen LogP) is 2.55. The molecular formula is C16H23NO4. The fourth-order valence-electron chi connectivity index (χ4n) is 1.87. The number of carbonyl (C=O) groups excluding carboxylic acids is 2. The summed E-state index contributed by atoms with van der Waals surface area (Å²) in [4.78, 5) is 23.0. The van der Waals surface area contributed by atoms with Crippen molar-refractivity contribution in [3.8, 4) is 5.75 Å². The van der Waals surface area contributed by atoms with E-state index < -0.39 is 0 Å². The van der Waals surface area contributed by atoms with E-state index >= 15 is 0 Å². The van der Waals surface area contributed by atoms with E-state index in [9.17, 15) is 9.59 Å². The first kappa shape index (κ1) is 17.0. The Bertz CT molecular complexity index is 459. The van der Waals surface area contributed by atoms with Crippen LogP contribution < -0.4 is 10.1 Å². The van der Waals surface area contributed by atoms with Crippen LogP contribution in [0.5, 0.6) is 5.75 Å². The largest absolute Gasteiger partial charge is 0.497 e. The summed E-state index contributed by atoms with van der Waals surface area (Å²) in [6.45, 7) is 2.82. The highest BCUT2D eigenvalue weighted by atomic mass is 16.5. The molecule has 0 aliphatic carbocycles. The van der Waals surface area contributed by atoms with Crippen molar-refractivity contribution in [3.63, 3.8) is 0 Å². The average molecular weight is 293 g/mol. The lowest BCUT2D eigenvalue weighted by atomic mass is 10.1. The van der Waals surface area contributed by atoms with Gasteiger partial charge in [0.05, 0.1) is 13.7 Å². The number of methoxy groups -OCH3 is 1. The number of unbranched alkanes of at least 4 members (excludes halogenated alkanes) is 2. The van der Waals surface area contributed by atoms with Crippen molar-refractivity contribution in [2.24, 2.45) is 0 Å². The van der Waals surface area contributed by atoms with Gasteiger partial charge in [-0.2, -0.15) is 0 Å². The molecule has 5 nitrogen and oxygen atoms in total. The van der Waals surface area contributed by atoms with Crippen molar-refractivity contribution >= 4 is 11.9 Å². The summed E-state index contributed by atoms with van der Waals surface area (Å²) < 4.78 is 9.93. The highest BCUT2D eigenvalue weighted by molar-refractivity contribution is 5.94. The third-order valence-electron chi connectivity index (χ3n) is 2.98. The van der Waals surface area contributed by atoms with E-state index in [2.05, 4.69) is 5.32 Å². The van der Waals surface area contributed by atoms with E-state index in [1.807, 2.05) is 0 Å². The van der Waals surface area contributed by atoms with Crippen molar-refractivity contribution in [2.75, 3.05) is 20.3 Å². The fourth-order valence-corrected chi connectivity index (χ4v) is 1.87. The van der Waals surface area contributed by atoms with Crippen molar-refractivity contribution in [1.29, 1.82) is 0 Å². The first-order valence-electron chi connectivity index (χ1n) is 7.25. The van der Waals surface area contributed by atoms with Gasteiger partial charge in [-0.05, 0) is 38.0 Å². The number of ether oxygens (including phenoxy) is 2. The van der Waals surface area contributed by atoms with Gasteiger partial charge in [0.25, 0.3) is 5.91 Å². The summed E-state index contributed by atoms with van der Waals surface area (Å²) in [7, 11) is 1.57. The first-order chi connectivity index (χ1) is 10.2. The molecule has 1 amide bonds. The molecule has 5 heteroatoms. The lowest BCUT2D eigenvalue weighted by Gasteiger charge is -2.06. The molecule has 1 aromatic rings. The third kappa shape index (κ3) is 6.79. The molecule has 0 radical (unpaired) electrons. The van der Waals surface area contributed by atoms with E-state index in [1.54, 1.807) is 38.3 Å². The second-order valence-corrected chi connectivity index (χ2v) is 4.60. The molecule has 0 aliphatic heterocycles. The van der Waals surface area contributed by atoms with Gasteiger partial charge >= 0.3 is 5.97 Å². The Labute approximate surface area is 125 Å². The van der Waals surface area contributed by atoms with Crippen molar-refractivity contribution < 1.29 is 19.1 Å². The summed E-state index contributed by atoms with van der Waals surface area (Å²) in [5, 5.41) is 2.85. The molecule has 116 valence electrons. The van der Waals surface area contributed by atoms with Crippen LogP contribution >= 0.6 is 0 Å². The van der Waals surface area contributed by atoms with Crippen LogP contribution in [0.2, 0.25) is 0 Å². The molecule has 0 unspecified atom stereocenters. The predicted molar refractivity (Wildman–Crippen MR) is 80.4 cm³/mol. The number of carbonyl (C=O) groups is 2. The number of hydrogen-bond donors (Lipinski definition) is 1. The maximum Gasteiger partial charge on any atom is 0.305 e. The summed E-state index contributed by atoms with van der Waals surface area (Å²) >= 11 is 0. The maximum absolute atomic E-state index is 11.9. The minimum absolute atomic E-state index is 0.112. The van der Waals surface area contributed by atoms with Crippen molar-refractivity contribution in [2.45, 2.75) is 32.6 Å². The highest BCUT2D eigenvalue weighted by Gasteiger charge is 2.06. The average Bonchev–Trinajstić information content (AvgIpc) is 2.50. The van der Waals surface area contributed by atoms with E-state index in [1.165, 1.54) is 0 Å². The Kier molecular flexibility index (Phi) is 7.94. The molecule has 1 N–H and O–H groups in total. The molecule has 1 aromatic carbocycles. The second kappa shape index (κ2) is 9.80. The van der Waals surface area contributed by atoms with Crippen LogP contribution in [0.1, 0.15) is 43.0 Å². The SMILES string of the molecule is CCOC(=O)CCCCCNC(=O)c1cccc(OC)c1. The highest BCUT2D eigenvalue weighted by Crippen LogP contribution is 2.12. The Hall–Kier alpha value is -2.04. The van der Waals surface area contributed by atoms with E-state index in [4.69, 9.17) is 9.47 Å². The Morgan fingerprint density at radius 3 is 2.71 bits per heavy atom. The third-order valence-corrected chi connectivity index (χ3v) is 2.98. The first-order valence-corrected chi connectivity index (χ1v) is 7.25. The number of rotatable bonds is 9.